The third-order valence-corrected chi connectivity index (χ3v) is 2.83. The molecule has 106 valence electrons. The maximum atomic E-state index is 12.6. The molecule has 7 heteroatoms. The molecule has 0 radical (unpaired) electrons. The van der Waals surface area contributed by atoms with Gasteiger partial charge >= 0.3 is 12.1 Å². The molecule has 1 aromatic carbocycles. The SMILES string of the molecule is CCOC(=O)C[C@H](N)c1cc(Br)cc(C(F)(F)F)c1. The van der Waals surface area contributed by atoms with Crippen molar-refractivity contribution in [2.75, 3.05) is 6.61 Å². The van der Waals surface area contributed by atoms with Crippen molar-refractivity contribution in [3.05, 3.63) is 33.8 Å². The Kier molecular flexibility index (Phi) is 5.37. The van der Waals surface area contributed by atoms with Gasteiger partial charge in [0.25, 0.3) is 0 Å². The van der Waals surface area contributed by atoms with E-state index >= 15 is 0 Å². The minimum absolute atomic E-state index is 0.165. The van der Waals surface area contributed by atoms with Gasteiger partial charge in [-0.1, -0.05) is 15.9 Å². The van der Waals surface area contributed by atoms with Gasteiger partial charge in [-0.3, -0.25) is 4.79 Å². The van der Waals surface area contributed by atoms with Gasteiger partial charge in [-0.2, -0.15) is 13.2 Å². The standard InChI is InChI=1S/C12H13BrF3NO2/c1-2-19-11(18)6-10(17)7-3-8(12(14,15)16)5-9(13)4-7/h3-5,10H,2,6,17H2,1H3/t10-/m0/s1. The Hall–Kier alpha value is -1.08. The Morgan fingerprint density at radius 1 is 1.42 bits per heavy atom. The highest BCUT2D eigenvalue weighted by Crippen LogP contribution is 2.33. The van der Waals surface area contributed by atoms with E-state index in [0.29, 0.717) is 0 Å². The molecule has 0 unspecified atom stereocenters. The summed E-state index contributed by atoms with van der Waals surface area (Å²) in [5.41, 5.74) is 5.14. The second-order valence-corrected chi connectivity index (χ2v) is 4.80. The van der Waals surface area contributed by atoms with Gasteiger partial charge in [0, 0.05) is 10.5 Å². The first kappa shape index (κ1) is 16.0. The highest BCUT2D eigenvalue weighted by atomic mass is 79.9. The lowest BCUT2D eigenvalue weighted by molar-refractivity contribution is -0.143. The fourth-order valence-electron chi connectivity index (χ4n) is 1.51. The number of carbonyl (C=O) groups excluding carboxylic acids is 1. The molecule has 0 aromatic heterocycles. The van der Waals surface area contributed by atoms with Crippen LogP contribution in [0.1, 0.15) is 30.5 Å². The second kappa shape index (κ2) is 6.38. The number of carbonyl (C=O) groups is 1. The first-order valence-corrected chi connectivity index (χ1v) is 6.32. The van der Waals surface area contributed by atoms with Crippen molar-refractivity contribution in [2.45, 2.75) is 25.6 Å². The highest BCUT2D eigenvalue weighted by Gasteiger charge is 2.31. The molecule has 19 heavy (non-hydrogen) atoms. The zero-order valence-electron chi connectivity index (χ0n) is 10.1. The van der Waals surface area contributed by atoms with Gasteiger partial charge in [0.1, 0.15) is 0 Å². The van der Waals surface area contributed by atoms with Crippen LogP contribution in [0.4, 0.5) is 13.2 Å². The van der Waals surface area contributed by atoms with E-state index in [9.17, 15) is 18.0 Å². The van der Waals surface area contributed by atoms with Crippen LogP contribution >= 0.6 is 15.9 Å². The molecule has 0 amide bonds. The average molecular weight is 340 g/mol. The molecule has 0 aliphatic carbocycles. The monoisotopic (exact) mass is 339 g/mol. The van der Waals surface area contributed by atoms with E-state index in [4.69, 9.17) is 10.5 Å². The summed E-state index contributed by atoms with van der Waals surface area (Å²) in [6.07, 6.45) is -4.62. The summed E-state index contributed by atoms with van der Waals surface area (Å²) < 4.78 is 42.9. The average Bonchev–Trinajstić information content (AvgIpc) is 2.27. The van der Waals surface area contributed by atoms with Gasteiger partial charge < -0.3 is 10.5 Å². The van der Waals surface area contributed by atoms with Gasteiger partial charge in [0.15, 0.2) is 0 Å². The zero-order valence-corrected chi connectivity index (χ0v) is 11.7. The summed E-state index contributed by atoms with van der Waals surface area (Å²) in [5, 5.41) is 0. The molecule has 0 saturated carbocycles. The first-order valence-electron chi connectivity index (χ1n) is 5.53. The molecule has 1 atom stereocenters. The Bertz CT molecular complexity index is 463. The van der Waals surface area contributed by atoms with Crippen molar-refractivity contribution in [2.24, 2.45) is 5.73 Å². The minimum atomic E-state index is -4.46. The molecule has 2 N–H and O–H groups in total. The van der Waals surface area contributed by atoms with E-state index in [0.717, 1.165) is 12.1 Å². The zero-order chi connectivity index (χ0) is 14.6. The normalized spacial score (nSPS) is 13.2. The van der Waals surface area contributed by atoms with Gasteiger partial charge in [-0.25, -0.2) is 0 Å². The number of nitrogens with two attached hydrogens (primary N) is 1. The lowest BCUT2D eigenvalue weighted by Gasteiger charge is -2.14. The van der Waals surface area contributed by atoms with E-state index in [1.54, 1.807) is 6.92 Å². The topological polar surface area (TPSA) is 52.3 Å². The van der Waals surface area contributed by atoms with Crippen molar-refractivity contribution in [3.63, 3.8) is 0 Å². The number of hydrogen-bond acceptors (Lipinski definition) is 3. The van der Waals surface area contributed by atoms with E-state index in [1.807, 2.05) is 0 Å². The summed E-state index contributed by atoms with van der Waals surface area (Å²) in [5.74, 6) is -0.538. The van der Waals surface area contributed by atoms with E-state index in [-0.39, 0.29) is 23.1 Å². The Morgan fingerprint density at radius 3 is 2.58 bits per heavy atom. The number of halogens is 4. The van der Waals surface area contributed by atoms with Crippen molar-refractivity contribution in [1.29, 1.82) is 0 Å². The van der Waals surface area contributed by atoms with Gasteiger partial charge in [0.2, 0.25) is 0 Å². The predicted octanol–water partition coefficient (Wildman–Crippen LogP) is 3.42. The quantitative estimate of drug-likeness (QED) is 0.855. The highest BCUT2D eigenvalue weighted by molar-refractivity contribution is 9.10. The molecular formula is C12H13BrF3NO2. The lowest BCUT2D eigenvalue weighted by Crippen LogP contribution is -2.18. The number of ether oxygens (including phenoxy) is 1. The maximum Gasteiger partial charge on any atom is 0.416 e. The first-order chi connectivity index (χ1) is 8.74. The molecule has 0 aliphatic heterocycles. The molecule has 3 nitrogen and oxygen atoms in total. The van der Waals surface area contributed by atoms with E-state index in [1.165, 1.54) is 6.07 Å². The fraction of sp³-hybridized carbons (Fsp3) is 0.417. The van der Waals surface area contributed by atoms with Crippen molar-refractivity contribution in [1.82, 2.24) is 0 Å². The Morgan fingerprint density at radius 2 is 2.05 bits per heavy atom. The summed E-state index contributed by atoms with van der Waals surface area (Å²) in [6, 6.07) is 2.52. The maximum absolute atomic E-state index is 12.6. The van der Waals surface area contributed by atoms with Gasteiger partial charge in [0.05, 0.1) is 18.6 Å². The number of alkyl halides is 3. The van der Waals surface area contributed by atoms with Crippen molar-refractivity contribution in [3.8, 4) is 0 Å². The summed E-state index contributed by atoms with van der Waals surface area (Å²) in [4.78, 5) is 11.3. The van der Waals surface area contributed by atoms with Crippen LogP contribution in [0.15, 0.2) is 22.7 Å². The van der Waals surface area contributed by atoms with Crippen LogP contribution < -0.4 is 5.73 Å². The summed E-state index contributed by atoms with van der Waals surface area (Å²) in [6.45, 7) is 1.85. The third kappa shape index (κ3) is 4.83. The van der Waals surface area contributed by atoms with Crippen LogP contribution in [-0.4, -0.2) is 12.6 Å². The number of hydrogen-bond donors (Lipinski definition) is 1. The molecule has 0 heterocycles. The van der Waals surface area contributed by atoms with Crippen LogP contribution in [0.2, 0.25) is 0 Å². The van der Waals surface area contributed by atoms with Crippen LogP contribution in [0, 0.1) is 0 Å². The Balaban J connectivity index is 2.94. The van der Waals surface area contributed by atoms with Crippen LogP contribution in [-0.2, 0) is 15.7 Å². The van der Waals surface area contributed by atoms with Crippen LogP contribution in [0.25, 0.3) is 0 Å². The van der Waals surface area contributed by atoms with E-state index < -0.39 is 23.8 Å². The number of benzene rings is 1. The molecule has 0 spiro atoms. The second-order valence-electron chi connectivity index (χ2n) is 3.89. The van der Waals surface area contributed by atoms with Crippen LogP contribution in [0.5, 0.6) is 0 Å². The van der Waals surface area contributed by atoms with Crippen molar-refractivity contribution >= 4 is 21.9 Å². The largest absolute Gasteiger partial charge is 0.466 e. The minimum Gasteiger partial charge on any atom is -0.466 e. The van der Waals surface area contributed by atoms with Crippen molar-refractivity contribution < 1.29 is 22.7 Å². The van der Waals surface area contributed by atoms with Gasteiger partial charge in [-0.05, 0) is 30.7 Å². The number of esters is 1. The summed E-state index contributed by atoms with van der Waals surface area (Å²) >= 11 is 3.00. The fourth-order valence-corrected chi connectivity index (χ4v) is 2.02. The molecule has 1 aromatic rings. The predicted molar refractivity (Wildman–Crippen MR) is 67.3 cm³/mol. The molecule has 0 aliphatic rings. The third-order valence-electron chi connectivity index (χ3n) is 2.37. The molecule has 1 rings (SSSR count). The Labute approximate surface area is 117 Å². The van der Waals surface area contributed by atoms with E-state index in [2.05, 4.69) is 15.9 Å². The smallest absolute Gasteiger partial charge is 0.416 e. The lowest BCUT2D eigenvalue weighted by atomic mass is 10.0. The van der Waals surface area contributed by atoms with Crippen LogP contribution in [0.3, 0.4) is 0 Å². The number of rotatable bonds is 4. The molecule has 0 fully saturated rings. The van der Waals surface area contributed by atoms with Gasteiger partial charge in [-0.15, -0.1) is 0 Å². The molecule has 0 bridgehead atoms. The summed E-state index contributed by atoms with van der Waals surface area (Å²) in [7, 11) is 0. The molecular weight excluding hydrogens is 327 g/mol. The molecule has 0 saturated heterocycles.